The van der Waals surface area contributed by atoms with Crippen LogP contribution in [0.5, 0.6) is 5.75 Å². The Balaban J connectivity index is 1.43. The summed E-state index contributed by atoms with van der Waals surface area (Å²) >= 11 is 1.35. The molecule has 1 heterocycles. The van der Waals surface area contributed by atoms with Crippen molar-refractivity contribution < 1.29 is 9.53 Å². The summed E-state index contributed by atoms with van der Waals surface area (Å²) < 4.78 is 5.16. The largest absolute Gasteiger partial charge is 0.497 e. The summed E-state index contributed by atoms with van der Waals surface area (Å²) in [5.74, 6) is 2.55. The number of thioether (sulfide) groups is 1. The quantitative estimate of drug-likeness (QED) is 0.764. The Morgan fingerprint density at radius 1 is 1.50 bits per heavy atom. The van der Waals surface area contributed by atoms with Crippen LogP contribution in [0.4, 0.5) is 0 Å². The van der Waals surface area contributed by atoms with Gasteiger partial charge in [-0.3, -0.25) is 9.89 Å². The summed E-state index contributed by atoms with van der Waals surface area (Å²) in [5.41, 5.74) is 1.01. The summed E-state index contributed by atoms with van der Waals surface area (Å²) in [6, 6.07) is 7.64. The molecule has 6 nitrogen and oxygen atoms in total. The number of nitrogens with zero attached hydrogens (tertiary/aromatic N) is 2. The summed E-state index contributed by atoms with van der Waals surface area (Å²) in [7, 11) is 1.63. The smallest absolute Gasteiger partial charge is 0.230 e. The molecule has 1 amide bonds. The van der Waals surface area contributed by atoms with E-state index >= 15 is 0 Å². The molecule has 1 aliphatic carbocycles. The van der Waals surface area contributed by atoms with Crippen LogP contribution in [0.1, 0.15) is 30.1 Å². The zero-order valence-electron chi connectivity index (χ0n) is 12.3. The highest BCUT2D eigenvalue weighted by Gasteiger charge is 2.27. The van der Waals surface area contributed by atoms with Crippen molar-refractivity contribution in [2.75, 3.05) is 12.9 Å². The molecule has 116 valence electrons. The van der Waals surface area contributed by atoms with Gasteiger partial charge in [0.25, 0.3) is 0 Å². The van der Waals surface area contributed by atoms with E-state index in [1.165, 1.54) is 24.6 Å². The molecule has 7 heteroatoms. The van der Waals surface area contributed by atoms with Crippen LogP contribution in [-0.4, -0.2) is 34.0 Å². The monoisotopic (exact) mass is 318 g/mol. The number of aromatic amines is 1. The zero-order valence-corrected chi connectivity index (χ0v) is 13.2. The van der Waals surface area contributed by atoms with E-state index in [1.54, 1.807) is 7.11 Å². The lowest BCUT2D eigenvalue weighted by molar-refractivity contribution is -0.118. The molecule has 2 N–H and O–H groups in total. The Morgan fingerprint density at radius 3 is 3.14 bits per heavy atom. The topological polar surface area (TPSA) is 79.9 Å². The van der Waals surface area contributed by atoms with Crippen molar-refractivity contribution in [1.82, 2.24) is 20.5 Å². The third kappa shape index (κ3) is 4.00. The minimum absolute atomic E-state index is 0.0365. The number of carbonyl (C=O) groups excluding carboxylic acids is 1. The van der Waals surface area contributed by atoms with Crippen LogP contribution in [0.2, 0.25) is 0 Å². The Bertz CT molecular complexity index is 654. The van der Waals surface area contributed by atoms with Crippen LogP contribution < -0.4 is 10.1 Å². The van der Waals surface area contributed by atoms with Gasteiger partial charge in [0, 0.05) is 12.5 Å². The van der Waals surface area contributed by atoms with E-state index in [1.807, 2.05) is 24.3 Å². The van der Waals surface area contributed by atoms with Gasteiger partial charge in [-0.05, 0) is 30.5 Å². The predicted molar refractivity (Wildman–Crippen MR) is 83.9 cm³/mol. The highest BCUT2D eigenvalue weighted by Crippen LogP contribution is 2.38. The summed E-state index contributed by atoms with van der Waals surface area (Å²) in [5, 5.41) is 10.6. The first-order chi connectivity index (χ1) is 10.7. The van der Waals surface area contributed by atoms with Crippen molar-refractivity contribution in [2.24, 2.45) is 0 Å². The molecule has 3 rings (SSSR count). The van der Waals surface area contributed by atoms with Crippen molar-refractivity contribution in [3.05, 3.63) is 35.7 Å². The molecule has 0 radical (unpaired) electrons. The van der Waals surface area contributed by atoms with Gasteiger partial charge in [0.2, 0.25) is 11.1 Å². The Kier molecular flexibility index (Phi) is 4.62. The van der Waals surface area contributed by atoms with Gasteiger partial charge in [-0.2, -0.15) is 0 Å². The molecular formula is C15H18N4O2S. The lowest BCUT2D eigenvalue weighted by Gasteiger charge is -2.06. The van der Waals surface area contributed by atoms with Gasteiger partial charge in [0.1, 0.15) is 11.6 Å². The molecule has 1 aromatic carbocycles. The van der Waals surface area contributed by atoms with Crippen LogP contribution >= 0.6 is 11.8 Å². The van der Waals surface area contributed by atoms with Gasteiger partial charge in [-0.1, -0.05) is 23.9 Å². The van der Waals surface area contributed by atoms with Crippen LogP contribution in [0, 0.1) is 0 Å². The van der Waals surface area contributed by atoms with E-state index in [0.717, 1.165) is 17.1 Å². The number of ether oxygens (including phenoxy) is 1. The normalized spacial score (nSPS) is 13.9. The van der Waals surface area contributed by atoms with Gasteiger partial charge in [-0.25, -0.2) is 4.98 Å². The zero-order chi connectivity index (χ0) is 15.4. The van der Waals surface area contributed by atoms with Crippen LogP contribution in [-0.2, 0) is 11.3 Å². The van der Waals surface area contributed by atoms with E-state index < -0.39 is 0 Å². The predicted octanol–water partition coefficient (Wildman–Crippen LogP) is 2.10. The van der Waals surface area contributed by atoms with Gasteiger partial charge in [0.15, 0.2) is 0 Å². The van der Waals surface area contributed by atoms with Crippen molar-refractivity contribution in [1.29, 1.82) is 0 Å². The molecule has 0 aliphatic heterocycles. The second-order valence-corrected chi connectivity index (χ2v) is 6.14. The maximum absolute atomic E-state index is 11.9. The Morgan fingerprint density at radius 2 is 2.36 bits per heavy atom. The summed E-state index contributed by atoms with van der Waals surface area (Å²) in [4.78, 5) is 16.3. The summed E-state index contributed by atoms with van der Waals surface area (Å²) in [6.07, 6.45) is 2.36. The van der Waals surface area contributed by atoms with E-state index in [9.17, 15) is 4.79 Å². The number of hydrogen-bond acceptors (Lipinski definition) is 5. The van der Waals surface area contributed by atoms with Crippen molar-refractivity contribution in [2.45, 2.75) is 30.5 Å². The van der Waals surface area contributed by atoms with E-state index in [-0.39, 0.29) is 5.91 Å². The second-order valence-electron chi connectivity index (χ2n) is 5.19. The number of hydrogen-bond donors (Lipinski definition) is 2. The number of aromatic nitrogens is 3. The van der Waals surface area contributed by atoms with Gasteiger partial charge in [0.05, 0.1) is 12.9 Å². The standard InChI is InChI=1S/C15H18N4O2S/c1-21-12-4-2-3-10(7-12)8-16-13(20)9-22-15-17-14(18-19-15)11-5-6-11/h2-4,7,11H,5-6,8-9H2,1H3,(H,16,20)(H,17,18,19). The Hall–Kier alpha value is -2.02. The number of methoxy groups -OCH3 is 1. The number of rotatable bonds is 7. The molecule has 1 aliphatic rings. The second kappa shape index (κ2) is 6.83. The highest BCUT2D eigenvalue weighted by atomic mass is 32.2. The maximum Gasteiger partial charge on any atom is 0.230 e. The molecule has 1 aromatic heterocycles. The highest BCUT2D eigenvalue weighted by molar-refractivity contribution is 7.99. The fraction of sp³-hybridized carbons (Fsp3) is 0.400. The van der Waals surface area contributed by atoms with Crippen molar-refractivity contribution in [3.8, 4) is 5.75 Å². The minimum Gasteiger partial charge on any atom is -0.497 e. The fourth-order valence-corrected chi connectivity index (χ4v) is 2.66. The fourth-order valence-electron chi connectivity index (χ4n) is 2.03. The molecule has 2 aromatic rings. The lowest BCUT2D eigenvalue weighted by atomic mass is 10.2. The van der Waals surface area contributed by atoms with E-state index in [2.05, 4.69) is 20.5 Å². The van der Waals surface area contributed by atoms with Crippen LogP contribution in [0.25, 0.3) is 0 Å². The van der Waals surface area contributed by atoms with Gasteiger partial charge < -0.3 is 10.1 Å². The summed E-state index contributed by atoms with van der Waals surface area (Å²) in [6.45, 7) is 0.484. The molecule has 0 atom stereocenters. The minimum atomic E-state index is -0.0365. The van der Waals surface area contributed by atoms with Gasteiger partial charge in [-0.15, -0.1) is 5.10 Å². The van der Waals surface area contributed by atoms with E-state index in [0.29, 0.717) is 23.4 Å². The molecule has 0 unspecified atom stereocenters. The average Bonchev–Trinajstić information content (AvgIpc) is 3.30. The lowest BCUT2D eigenvalue weighted by Crippen LogP contribution is -2.24. The molecule has 0 spiro atoms. The third-order valence-electron chi connectivity index (χ3n) is 3.40. The van der Waals surface area contributed by atoms with Crippen LogP contribution in [0.15, 0.2) is 29.4 Å². The number of carbonyl (C=O) groups is 1. The average molecular weight is 318 g/mol. The van der Waals surface area contributed by atoms with Crippen LogP contribution in [0.3, 0.4) is 0 Å². The molecule has 0 saturated heterocycles. The Labute approximate surface area is 133 Å². The molecule has 1 saturated carbocycles. The first kappa shape index (κ1) is 14.9. The number of H-pyrrole nitrogens is 1. The van der Waals surface area contributed by atoms with Crippen molar-refractivity contribution >= 4 is 17.7 Å². The third-order valence-corrected chi connectivity index (χ3v) is 4.25. The number of amides is 1. The van der Waals surface area contributed by atoms with E-state index in [4.69, 9.17) is 4.74 Å². The number of benzene rings is 1. The maximum atomic E-state index is 11.9. The first-order valence-corrected chi connectivity index (χ1v) is 8.18. The van der Waals surface area contributed by atoms with Gasteiger partial charge >= 0.3 is 0 Å². The SMILES string of the molecule is COc1cccc(CNC(=O)CSc2n[nH]c(C3CC3)n2)c1. The molecule has 0 bridgehead atoms. The number of nitrogens with one attached hydrogen (secondary N) is 2. The molecular weight excluding hydrogens is 300 g/mol. The first-order valence-electron chi connectivity index (χ1n) is 7.19. The molecule has 22 heavy (non-hydrogen) atoms. The molecule has 1 fully saturated rings. The van der Waals surface area contributed by atoms with Crippen molar-refractivity contribution in [3.63, 3.8) is 0 Å².